The van der Waals surface area contributed by atoms with Crippen LogP contribution in [0.1, 0.15) is 18.0 Å². The van der Waals surface area contributed by atoms with Gasteiger partial charge in [-0.3, -0.25) is 0 Å². The van der Waals surface area contributed by atoms with Crippen LogP contribution in [0.4, 0.5) is 0 Å². The minimum absolute atomic E-state index is 0. The van der Waals surface area contributed by atoms with Gasteiger partial charge in [0.25, 0.3) is 0 Å². The first kappa shape index (κ1) is 21.9. The Morgan fingerprint density at radius 3 is 2.37 bits per heavy atom. The quantitative estimate of drug-likeness (QED) is 0.173. The van der Waals surface area contributed by atoms with Crippen molar-refractivity contribution in [1.82, 2.24) is 9.97 Å². The summed E-state index contributed by atoms with van der Waals surface area (Å²) in [4.78, 5) is 8.63. The third kappa shape index (κ3) is 5.71. The van der Waals surface area contributed by atoms with Crippen LogP contribution in [0.5, 0.6) is 0 Å². The van der Waals surface area contributed by atoms with Crippen molar-refractivity contribution in [2.75, 3.05) is 0 Å². The standard InChI is InChI=1S/C24H12N2O.C12H10N.Ir/c25-15-17-12-13-19-18-9-6-10-20(21-11-4-5-14-26-21)23(18)27-24(19)22(17)16-7-2-1-3-8-16;1-10-7-8-12(13-9-10)11-5-3-2-4-6-11;/h1-9,12-14H;2-5,7-9H,1H3;/q-2;-1;+3/i1D,2D,3D,7D,8D;;. The molecule has 0 saturated carbocycles. The van der Waals surface area contributed by atoms with Gasteiger partial charge in [-0.15, -0.1) is 53.7 Å². The Kier molecular flexibility index (Phi) is 6.69. The molecule has 0 unspecified atom stereocenters. The summed E-state index contributed by atoms with van der Waals surface area (Å²) in [5.74, 6) is 0. The monoisotopic (exact) mass is 710 g/mol. The predicted octanol–water partition coefficient (Wildman–Crippen LogP) is 8.64. The first-order valence-electron chi connectivity index (χ1n) is 14.9. The predicted molar refractivity (Wildman–Crippen MR) is 158 cm³/mol. The van der Waals surface area contributed by atoms with E-state index in [0.29, 0.717) is 22.2 Å². The van der Waals surface area contributed by atoms with E-state index in [2.05, 4.69) is 40.3 Å². The third-order valence-electron chi connectivity index (χ3n) is 6.21. The molecule has 0 N–H and O–H groups in total. The van der Waals surface area contributed by atoms with Gasteiger partial charge in [-0.2, -0.15) is 23.0 Å². The molecule has 3 heterocycles. The summed E-state index contributed by atoms with van der Waals surface area (Å²) in [6.45, 7) is 2.03. The molecular formula is C36H22IrN3O. The normalized spacial score (nSPS) is 12.0. The fourth-order valence-corrected chi connectivity index (χ4v) is 4.34. The summed E-state index contributed by atoms with van der Waals surface area (Å²) in [7, 11) is 0. The van der Waals surface area contributed by atoms with E-state index in [1.165, 1.54) is 5.56 Å². The van der Waals surface area contributed by atoms with Gasteiger partial charge in [0.1, 0.15) is 5.58 Å². The second-order valence-electron chi connectivity index (χ2n) is 8.80. The number of hydrogen-bond donors (Lipinski definition) is 0. The van der Waals surface area contributed by atoms with E-state index in [1.54, 1.807) is 36.5 Å². The SMILES string of the molecule is Cc1ccc(-c2[c-]cccc2)nc1.[2H]c1c([2H])c([2H])c(-c2c(C#N)ccc3c2oc2c(-c4[c-]cccn4)[c-]ccc23)c([2H])c1[2H].[Ir+3]. The molecule has 0 amide bonds. The number of hydrogen-bond acceptors (Lipinski definition) is 4. The third-order valence-corrected chi connectivity index (χ3v) is 6.21. The van der Waals surface area contributed by atoms with E-state index >= 15 is 0 Å². The molecule has 0 aliphatic carbocycles. The van der Waals surface area contributed by atoms with E-state index in [1.807, 2.05) is 49.5 Å². The van der Waals surface area contributed by atoms with Gasteiger partial charge >= 0.3 is 20.1 Å². The van der Waals surface area contributed by atoms with E-state index in [-0.39, 0.29) is 42.4 Å². The topological polar surface area (TPSA) is 62.7 Å². The van der Waals surface area contributed by atoms with Crippen LogP contribution in [0, 0.1) is 36.5 Å². The molecule has 0 atom stereocenters. The van der Waals surface area contributed by atoms with Crippen molar-refractivity contribution >= 4 is 21.9 Å². The van der Waals surface area contributed by atoms with Gasteiger partial charge in [0.2, 0.25) is 0 Å². The van der Waals surface area contributed by atoms with Gasteiger partial charge in [0.15, 0.2) is 0 Å². The molecule has 4 nitrogen and oxygen atoms in total. The molecule has 0 saturated heterocycles. The molecular weight excluding hydrogens is 683 g/mol. The van der Waals surface area contributed by atoms with Gasteiger partial charge in [0, 0.05) is 17.1 Å². The van der Waals surface area contributed by atoms with Gasteiger partial charge in [-0.1, -0.05) is 53.8 Å². The number of furan rings is 1. The van der Waals surface area contributed by atoms with Crippen LogP contribution in [0.2, 0.25) is 0 Å². The maximum absolute atomic E-state index is 9.76. The molecule has 7 aromatic rings. The minimum Gasteiger partial charge on any atom is -0.512 e. The van der Waals surface area contributed by atoms with E-state index in [9.17, 15) is 5.26 Å². The van der Waals surface area contributed by atoms with Crippen LogP contribution >= 0.6 is 0 Å². The zero-order valence-electron chi connectivity index (χ0n) is 26.7. The molecule has 7 rings (SSSR count). The van der Waals surface area contributed by atoms with Crippen molar-refractivity contribution in [1.29, 1.82) is 5.26 Å². The number of pyridine rings is 2. The molecule has 0 aliphatic rings. The van der Waals surface area contributed by atoms with Crippen molar-refractivity contribution in [3.63, 3.8) is 0 Å². The summed E-state index contributed by atoms with van der Waals surface area (Å²) in [5, 5.41) is 11.1. The molecule has 41 heavy (non-hydrogen) atoms. The summed E-state index contributed by atoms with van der Waals surface area (Å²) in [6.07, 6.45) is 3.50. The van der Waals surface area contributed by atoms with Crippen molar-refractivity contribution in [3.8, 4) is 39.7 Å². The Balaban J connectivity index is 0.000000250. The average molecular weight is 710 g/mol. The van der Waals surface area contributed by atoms with E-state index in [0.717, 1.165) is 16.6 Å². The first-order chi connectivity index (χ1) is 21.8. The van der Waals surface area contributed by atoms with Crippen LogP contribution in [-0.4, -0.2) is 9.97 Å². The summed E-state index contributed by atoms with van der Waals surface area (Å²) in [5.41, 5.74) is 5.25. The van der Waals surface area contributed by atoms with Gasteiger partial charge in [-0.25, -0.2) is 12.1 Å². The first-order valence-corrected chi connectivity index (χ1v) is 12.4. The molecule has 3 aromatic heterocycles. The number of aromatic nitrogens is 2. The number of aryl methyl sites for hydroxylation is 1. The van der Waals surface area contributed by atoms with Crippen molar-refractivity contribution < 1.29 is 31.4 Å². The Morgan fingerprint density at radius 2 is 1.66 bits per heavy atom. The number of nitriles is 1. The molecule has 0 bridgehead atoms. The summed E-state index contributed by atoms with van der Waals surface area (Å²) in [6, 6.07) is 31.4. The molecule has 5 heteroatoms. The van der Waals surface area contributed by atoms with E-state index in [4.69, 9.17) is 11.3 Å². The van der Waals surface area contributed by atoms with Crippen LogP contribution in [0.3, 0.4) is 0 Å². The average Bonchev–Trinajstić information content (AvgIpc) is 3.47. The molecule has 0 radical (unpaired) electrons. The molecule has 0 spiro atoms. The number of fused-ring (bicyclic) bond motifs is 3. The Labute approximate surface area is 259 Å². The fourth-order valence-electron chi connectivity index (χ4n) is 4.34. The molecule has 196 valence electrons. The van der Waals surface area contributed by atoms with Crippen LogP contribution in [-0.2, 0) is 20.1 Å². The fraction of sp³-hybridized carbons (Fsp3) is 0.0278. The van der Waals surface area contributed by atoms with Crippen molar-refractivity contribution in [2.45, 2.75) is 6.92 Å². The van der Waals surface area contributed by atoms with Gasteiger partial charge < -0.3 is 14.4 Å². The Hall–Kier alpha value is -4.88. The van der Waals surface area contributed by atoms with E-state index < -0.39 is 30.2 Å². The van der Waals surface area contributed by atoms with Crippen LogP contribution in [0.25, 0.3) is 55.6 Å². The van der Waals surface area contributed by atoms with Crippen molar-refractivity contribution in [2.24, 2.45) is 0 Å². The van der Waals surface area contributed by atoms with Gasteiger partial charge in [0.05, 0.1) is 18.5 Å². The second-order valence-corrected chi connectivity index (χ2v) is 8.80. The minimum atomic E-state index is -0.499. The Bertz CT molecular complexity index is 2200. The smallest absolute Gasteiger partial charge is 0.512 e. The number of rotatable bonds is 3. The number of nitrogens with zero attached hydrogens (tertiary/aromatic N) is 3. The zero-order chi connectivity index (χ0) is 31.7. The molecule has 0 aliphatic heterocycles. The van der Waals surface area contributed by atoms with Crippen molar-refractivity contribution in [3.05, 3.63) is 145 Å². The maximum Gasteiger partial charge on any atom is 3.00 e. The second kappa shape index (κ2) is 12.5. The Morgan fingerprint density at radius 1 is 0.829 bits per heavy atom. The molecule has 4 aromatic carbocycles. The molecule has 0 fully saturated rings. The summed E-state index contributed by atoms with van der Waals surface area (Å²) < 4.78 is 46.9. The zero-order valence-corrected chi connectivity index (χ0v) is 24.1. The maximum atomic E-state index is 9.76. The van der Waals surface area contributed by atoms with Crippen LogP contribution in [0.15, 0.2) is 120 Å². The van der Waals surface area contributed by atoms with Crippen LogP contribution < -0.4 is 0 Å². The number of benzene rings is 4. The summed E-state index contributed by atoms with van der Waals surface area (Å²) >= 11 is 0. The van der Waals surface area contributed by atoms with Gasteiger partial charge in [-0.05, 0) is 41.6 Å². The largest absolute Gasteiger partial charge is 3.00 e.